The molecule has 122 valence electrons. The van der Waals surface area contributed by atoms with Gasteiger partial charge >= 0.3 is 0 Å². The summed E-state index contributed by atoms with van der Waals surface area (Å²) in [5.74, 6) is 1.11. The molecule has 0 aliphatic carbocycles. The Labute approximate surface area is 140 Å². The molecule has 0 spiro atoms. The highest BCUT2D eigenvalue weighted by atomic mass is 16.5. The van der Waals surface area contributed by atoms with Crippen LogP contribution in [0.25, 0.3) is 0 Å². The minimum atomic E-state index is 0.0803. The Balaban J connectivity index is 2.07. The van der Waals surface area contributed by atoms with Gasteiger partial charge in [-0.05, 0) is 27.5 Å². The van der Waals surface area contributed by atoms with Crippen molar-refractivity contribution in [1.29, 1.82) is 0 Å². The molecule has 0 amide bonds. The summed E-state index contributed by atoms with van der Waals surface area (Å²) in [5, 5.41) is 0. The molecule has 0 saturated carbocycles. The fourth-order valence-electron chi connectivity index (χ4n) is 3.21. The summed E-state index contributed by atoms with van der Waals surface area (Å²) in [6, 6.07) is 15.3. The van der Waals surface area contributed by atoms with Crippen LogP contribution in [-0.2, 0) is 17.3 Å². The number of benzene rings is 2. The number of rotatable bonds is 1. The topological polar surface area (TPSA) is 9.23 Å². The third kappa shape index (κ3) is 3.15. The molecule has 0 saturated heterocycles. The number of ether oxygens (including phenoxy) is 1. The van der Waals surface area contributed by atoms with Gasteiger partial charge in [-0.3, -0.25) is 0 Å². The van der Waals surface area contributed by atoms with Crippen LogP contribution in [0, 0.1) is 0 Å². The summed E-state index contributed by atoms with van der Waals surface area (Å²) in [5.41, 5.74) is 5.59. The van der Waals surface area contributed by atoms with Gasteiger partial charge in [-0.15, -0.1) is 0 Å². The quantitative estimate of drug-likeness (QED) is 0.631. The maximum absolute atomic E-state index is 6.42. The van der Waals surface area contributed by atoms with Crippen molar-refractivity contribution in [2.75, 3.05) is 0 Å². The lowest BCUT2D eigenvalue weighted by atomic mass is 9.79. The van der Waals surface area contributed by atoms with Gasteiger partial charge in [0.15, 0.2) is 0 Å². The summed E-state index contributed by atoms with van der Waals surface area (Å²) in [4.78, 5) is 0. The maximum Gasteiger partial charge on any atom is 0.128 e. The van der Waals surface area contributed by atoms with Crippen molar-refractivity contribution in [3.8, 4) is 5.75 Å². The molecule has 0 aromatic heterocycles. The first-order chi connectivity index (χ1) is 10.7. The van der Waals surface area contributed by atoms with Crippen LogP contribution in [0.2, 0.25) is 0 Å². The van der Waals surface area contributed by atoms with Crippen LogP contribution in [0.15, 0.2) is 42.5 Å². The van der Waals surface area contributed by atoms with Crippen molar-refractivity contribution >= 4 is 0 Å². The molecule has 1 heterocycles. The normalized spacial score (nSPS) is 17.7. The molecule has 1 atom stereocenters. The highest BCUT2D eigenvalue weighted by Crippen LogP contribution is 2.45. The molecule has 3 rings (SSSR count). The van der Waals surface area contributed by atoms with Crippen LogP contribution in [0.5, 0.6) is 5.75 Å². The minimum absolute atomic E-state index is 0.0803. The SMILES string of the molecule is CC(C)(C)c1cc2c(c(C(C)(C)C)c1)OC(c1ccccc1)C2. The van der Waals surface area contributed by atoms with E-state index in [1.54, 1.807) is 0 Å². The second kappa shape index (κ2) is 5.40. The molecule has 0 bridgehead atoms. The molecule has 0 N–H and O–H groups in total. The van der Waals surface area contributed by atoms with Crippen LogP contribution in [0.4, 0.5) is 0 Å². The standard InChI is InChI=1S/C22H28O/c1-21(2,3)17-12-16-13-19(15-10-8-7-9-11-15)23-20(16)18(14-17)22(4,5)6/h7-12,14,19H,13H2,1-6H3. The van der Waals surface area contributed by atoms with Gasteiger partial charge < -0.3 is 4.74 Å². The highest BCUT2D eigenvalue weighted by Gasteiger charge is 2.32. The van der Waals surface area contributed by atoms with Gasteiger partial charge in [0.25, 0.3) is 0 Å². The Morgan fingerprint density at radius 1 is 0.870 bits per heavy atom. The molecule has 2 aromatic rings. The largest absolute Gasteiger partial charge is 0.485 e. The Bertz CT molecular complexity index is 699. The fourth-order valence-corrected chi connectivity index (χ4v) is 3.21. The van der Waals surface area contributed by atoms with Crippen LogP contribution < -0.4 is 4.74 Å². The van der Waals surface area contributed by atoms with Gasteiger partial charge in [0.2, 0.25) is 0 Å². The smallest absolute Gasteiger partial charge is 0.128 e. The molecule has 2 aromatic carbocycles. The lowest BCUT2D eigenvalue weighted by Crippen LogP contribution is -2.17. The number of hydrogen-bond donors (Lipinski definition) is 0. The monoisotopic (exact) mass is 308 g/mol. The van der Waals surface area contributed by atoms with Gasteiger partial charge in [-0.25, -0.2) is 0 Å². The highest BCUT2D eigenvalue weighted by molar-refractivity contribution is 5.52. The van der Waals surface area contributed by atoms with E-state index in [1.807, 2.05) is 0 Å². The molecule has 1 aliphatic rings. The van der Waals surface area contributed by atoms with Crippen LogP contribution in [0.3, 0.4) is 0 Å². The zero-order chi connectivity index (χ0) is 16.8. The second-order valence-electron chi connectivity index (χ2n) is 8.73. The zero-order valence-corrected chi connectivity index (χ0v) is 15.2. The third-order valence-corrected chi connectivity index (χ3v) is 4.68. The summed E-state index contributed by atoms with van der Waals surface area (Å²) < 4.78 is 6.42. The molecule has 1 aliphatic heterocycles. The van der Waals surface area contributed by atoms with Crippen molar-refractivity contribution in [2.45, 2.75) is 64.9 Å². The van der Waals surface area contributed by atoms with E-state index in [-0.39, 0.29) is 16.9 Å². The van der Waals surface area contributed by atoms with Gasteiger partial charge in [0, 0.05) is 12.0 Å². The van der Waals surface area contributed by atoms with E-state index in [0.717, 1.165) is 12.2 Å². The van der Waals surface area contributed by atoms with Crippen molar-refractivity contribution in [3.05, 3.63) is 64.7 Å². The Morgan fingerprint density at radius 2 is 1.52 bits per heavy atom. The molecular formula is C22H28O. The molecule has 1 nitrogen and oxygen atoms in total. The Morgan fingerprint density at radius 3 is 2.09 bits per heavy atom. The molecule has 1 heteroatoms. The van der Waals surface area contributed by atoms with Crippen LogP contribution in [0.1, 0.15) is 69.9 Å². The summed E-state index contributed by atoms with van der Waals surface area (Å²) in [6.45, 7) is 13.7. The third-order valence-electron chi connectivity index (χ3n) is 4.68. The van der Waals surface area contributed by atoms with Crippen LogP contribution in [-0.4, -0.2) is 0 Å². The van der Waals surface area contributed by atoms with E-state index in [4.69, 9.17) is 4.74 Å². The first-order valence-electron chi connectivity index (χ1n) is 8.56. The minimum Gasteiger partial charge on any atom is -0.485 e. The Hall–Kier alpha value is -1.76. The lowest BCUT2D eigenvalue weighted by Gasteiger charge is -2.27. The van der Waals surface area contributed by atoms with Crippen molar-refractivity contribution in [3.63, 3.8) is 0 Å². The molecule has 1 unspecified atom stereocenters. The van der Waals surface area contributed by atoms with Gasteiger partial charge in [-0.1, -0.05) is 84.0 Å². The lowest BCUT2D eigenvalue weighted by molar-refractivity contribution is 0.234. The average Bonchev–Trinajstić information content (AvgIpc) is 2.89. The van der Waals surface area contributed by atoms with E-state index in [0.29, 0.717) is 0 Å². The number of hydrogen-bond acceptors (Lipinski definition) is 1. The summed E-state index contributed by atoms with van der Waals surface area (Å²) in [6.07, 6.45) is 1.11. The van der Waals surface area contributed by atoms with Gasteiger partial charge in [0.05, 0.1) is 0 Å². The van der Waals surface area contributed by atoms with Crippen molar-refractivity contribution in [1.82, 2.24) is 0 Å². The first-order valence-corrected chi connectivity index (χ1v) is 8.56. The van der Waals surface area contributed by atoms with E-state index in [9.17, 15) is 0 Å². The predicted molar refractivity (Wildman–Crippen MR) is 97.4 cm³/mol. The summed E-state index contributed by atoms with van der Waals surface area (Å²) in [7, 11) is 0. The fraction of sp³-hybridized carbons (Fsp3) is 0.455. The van der Waals surface area contributed by atoms with Crippen LogP contribution >= 0.6 is 0 Å². The molecule has 23 heavy (non-hydrogen) atoms. The predicted octanol–water partition coefficient (Wildman–Crippen LogP) is 5.96. The molecular weight excluding hydrogens is 280 g/mol. The second-order valence-corrected chi connectivity index (χ2v) is 8.73. The average molecular weight is 308 g/mol. The molecule has 0 radical (unpaired) electrons. The Kier molecular flexibility index (Phi) is 3.78. The van der Waals surface area contributed by atoms with E-state index < -0.39 is 0 Å². The first kappa shape index (κ1) is 16.1. The van der Waals surface area contributed by atoms with E-state index in [2.05, 4.69) is 84.0 Å². The van der Waals surface area contributed by atoms with E-state index >= 15 is 0 Å². The van der Waals surface area contributed by atoms with Crippen molar-refractivity contribution < 1.29 is 4.74 Å². The van der Waals surface area contributed by atoms with Gasteiger partial charge in [0.1, 0.15) is 11.9 Å². The van der Waals surface area contributed by atoms with E-state index in [1.165, 1.54) is 22.3 Å². The maximum atomic E-state index is 6.42. The van der Waals surface area contributed by atoms with Crippen molar-refractivity contribution in [2.24, 2.45) is 0 Å². The van der Waals surface area contributed by atoms with Gasteiger partial charge in [-0.2, -0.15) is 0 Å². The molecule has 0 fully saturated rings. The summed E-state index contributed by atoms with van der Waals surface area (Å²) >= 11 is 0. The zero-order valence-electron chi connectivity index (χ0n) is 15.2. The number of fused-ring (bicyclic) bond motifs is 1.